The fourth-order valence-corrected chi connectivity index (χ4v) is 2.06. The summed E-state index contributed by atoms with van der Waals surface area (Å²) in [7, 11) is 0. The largest absolute Gasteiger partial charge is 0.461 e. The molecule has 0 bridgehead atoms. The monoisotopic (exact) mass is 248 g/mol. The van der Waals surface area contributed by atoms with Crippen LogP contribution in [0.25, 0.3) is 0 Å². The van der Waals surface area contributed by atoms with Gasteiger partial charge < -0.3 is 4.74 Å². The van der Waals surface area contributed by atoms with Crippen LogP contribution in [0.15, 0.2) is 0 Å². The van der Waals surface area contributed by atoms with Crippen molar-refractivity contribution in [3.63, 3.8) is 0 Å². The average molecular weight is 249 g/mol. The molecule has 1 fully saturated rings. The summed E-state index contributed by atoms with van der Waals surface area (Å²) in [5.74, 6) is 1.16. The SMILES string of the molecule is CC(C)[C@@H](C)[C@@H]1OC(=O)[C@H](Br)[C@H]1C. The van der Waals surface area contributed by atoms with Crippen molar-refractivity contribution in [2.75, 3.05) is 0 Å². The fraction of sp³-hybridized carbons (Fsp3) is 0.900. The molecule has 1 aliphatic heterocycles. The highest BCUT2D eigenvalue weighted by Crippen LogP contribution is 2.34. The zero-order valence-electron chi connectivity index (χ0n) is 8.58. The lowest BCUT2D eigenvalue weighted by molar-refractivity contribution is -0.143. The minimum absolute atomic E-state index is 0.0804. The summed E-state index contributed by atoms with van der Waals surface area (Å²) in [6.07, 6.45) is 0.0804. The Hall–Kier alpha value is -0.0500. The second-order valence-electron chi connectivity index (χ2n) is 4.27. The van der Waals surface area contributed by atoms with Crippen molar-refractivity contribution in [1.82, 2.24) is 0 Å². The molecule has 0 amide bonds. The predicted octanol–water partition coefficient (Wildman–Crippen LogP) is 2.60. The van der Waals surface area contributed by atoms with Gasteiger partial charge in [-0.3, -0.25) is 4.79 Å². The molecule has 1 aliphatic rings. The number of alkyl halides is 1. The molecular formula is C10H17BrO2. The van der Waals surface area contributed by atoms with E-state index in [0.29, 0.717) is 11.8 Å². The van der Waals surface area contributed by atoms with Crippen LogP contribution >= 0.6 is 15.9 Å². The van der Waals surface area contributed by atoms with Crippen LogP contribution in [-0.2, 0) is 9.53 Å². The first kappa shape index (κ1) is 11.0. The van der Waals surface area contributed by atoms with E-state index >= 15 is 0 Å². The summed E-state index contributed by atoms with van der Waals surface area (Å²) >= 11 is 3.35. The number of esters is 1. The van der Waals surface area contributed by atoms with E-state index in [0.717, 1.165) is 0 Å². The number of carbonyl (C=O) groups is 1. The summed E-state index contributed by atoms with van der Waals surface area (Å²) in [4.78, 5) is 11.1. The molecule has 1 heterocycles. The van der Waals surface area contributed by atoms with E-state index in [1.54, 1.807) is 0 Å². The maximum atomic E-state index is 11.3. The van der Waals surface area contributed by atoms with E-state index in [1.807, 2.05) is 0 Å². The Kier molecular flexibility index (Phi) is 3.38. The van der Waals surface area contributed by atoms with Gasteiger partial charge >= 0.3 is 5.97 Å². The van der Waals surface area contributed by atoms with Gasteiger partial charge in [-0.2, -0.15) is 0 Å². The molecule has 4 atom stereocenters. The number of hydrogen-bond acceptors (Lipinski definition) is 2. The zero-order chi connectivity index (χ0) is 10.2. The van der Waals surface area contributed by atoms with E-state index in [4.69, 9.17) is 4.74 Å². The van der Waals surface area contributed by atoms with Gasteiger partial charge in [-0.25, -0.2) is 0 Å². The minimum atomic E-state index is -0.112. The third kappa shape index (κ3) is 2.06. The van der Waals surface area contributed by atoms with E-state index in [9.17, 15) is 4.79 Å². The third-order valence-electron chi connectivity index (χ3n) is 3.03. The molecule has 0 aliphatic carbocycles. The molecule has 13 heavy (non-hydrogen) atoms. The number of rotatable bonds is 2. The summed E-state index contributed by atoms with van der Waals surface area (Å²) in [5, 5.41) is 0. The minimum Gasteiger partial charge on any atom is -0.461 e. The van der Waals surface area contributed by atoms with Crippen molar-refractivity contribution in [2.45, 2.75) is 38.6 Å². The smallest absolute Gasteiger partial charge is 0.320 e. The van der Waals surface area contributed by atoms with E-state index in [-0.39, 0.29) is 22.8 Å². The van der Waals surface area contributed by atoms with Crippen LogP contribution in [0, 0.1) is 17.8 Å². The van der Waals surface area contributed by atoms with Crippen molar-refractivity contribution < 1.29 is 9.53 Å². The molecular weight excluding hydrogens is 232 g/mol. The van der Waals surface area contributed by atoms with Gasteiger partial charge in [-0.05, 0) is 11.8 Å². The maximum Gasteiger partial charge on any atom is 0.320 e. The van der Waals surface area contributed by atoms with Crippen LogP contribution in [0.5, 0.6) is 0 Å². The molecule has 1 rings (SSSR count). The molecule has 0 saturated carbocycles. The topological polar surface area (TPSA) is 26.3 Å². The van der Waals surface area contributed by atoms with Crippen molar-refractivity contribution in [2.24, 2.45) is 17.8 Å². The average Bonchev–Trinajstić information content (AvgIpc) is 2.31. The van der Waals surface area contributed by atoms with Crippen LogP contribution in [0.4, 0.5) is 0 Å². The molecule has 1 saturated heterocycles. The molecule has 0 N–H and O–H groups in total. The van der Waals surface area contributed by atoms with Crippen molar-refractivity contribution in [3.8, 4) is 0 Å². The second-order valence-corrected chi connectivity index (χ2v) is 5.25. The van der Waals surface area contributed by atoms with Gasteiger partial charge in [0.2, 0.25) is 0 Å². The maximum absolute atomic E-state index is 11.3. The first-order chi connectivity index (χ1) is 5.95. The van der Waals surface area contributed by atoms with E-state index in [1.165, 1.54) is 0 Å². The number of hydrogen-bond donors (Lipinski definition) is 0. The quantitative estimate of drug-likeness (QED) is 0.555. The normalized spacial score (nSPS) is 36.5. The predicted molar refractivity (Wildman–Crippen MR) is 55.8 cm³/mol. The molecule has 0 spiro atoms. The standard InChI is InChI=1S/C10H17BrO2/c1-5(2)6(3)9-7(4)8(11)10(12)13-9/h5-9H,1-4H3/t6-,7-,8-,9+/m1/s1. The van der Waals surface area contributed by atoms with Gasteiger partial charge in [0, 0.05) is 5.92 Å². The first-order valence-electron chi connectivity index (χ1n) is 4.79. The summed E-state index contributed by atoms with van der Waals surface area (Å²) in [5.41, 5.74) is 0. The lowest BCUT2D eigenvalue weighted by Crippen LogP contribution is -2.28. The van der Waals surface area contributed by atoms with Crippen LogP contribution in [-0.4, -0.2) is 16.9 Å². The second kappa shape index (κ2) is 3.99. The Bertz CT molecular complexity index is 203. The van der Waals surface area contributed by atoms with Gasteiger partial charge in [-0.15, -0.1) is 0 Å². The number of halogens is 1. The molecule has 76 valence electrons. The molecule has 0 aromatic rings. The van der Waals surface area contributed by atoms with E-state index < -0.39 is 0 Å². The zero-order valence-corrected chi connectivity index (χ0v) is 10.2. The Morgan fingerprint density at radius 1 is 1.38 bits per heavy atom. The highest BCUT2D eigenvalue weighted by Gasteiger charge is 2.43. The van der Waals surface area contributed by atoms with Crippen LogP contribution in [0.2, 0.25) is 0 Å². The third-order valence-corrected chi connectivity index (χ3v) is 4.23. The molecule has 0 unspecified atom stereocenters. The molecule has 0 aromatic heterocycles. The molecule has 3 heteroatoms. The number of cyclic esters (lactones) is 1. The molecule has 0 aromatic carbocycles. The van der Waals surface area contributed by atoms with Crippen molar-refractivity contribution >= 4 is 21.9 Å². The number of ether oxygens (including phenoxy) is 1. The van der Waals surface area contributed by atoms with Crippen molar-refractivity contribution in [1.29, 1.82) is 0 Å². The van der Waals surface area contributed by atoms with E-state index in [2.05, 4.69) is 43.6 Å². The first-order valence-corrected chi connectivity index (χ1v) is 5.71. The van der Waals surface area contributed by atoms with Gasteiger partial charge in [0.05, 0.1) is 0 Å². The van der Waals surface area contributed by atoms with Crippen LogP contribution in [0.1, 0.15) is 27.7 Å². The summed E-state index contributed by atoms with van der Waals surface area (Å²) < 4.78 is 5.32. The van der Waals surface area contributed by atoms with Crippen molar-refractivity contribution in [3.05, 3.63) is 0 Å². The Balaban J connectivity index is 2.68. The Morgan fingerprint density at radius 2 is 1.92 bits per heavy atom. The highest BCUT2D eigenvalue weighted by atomic mass is 79.9. The van der Waals surface area contributed by atoms with Crippen LogP contribution in [0.3, 0.4) is 0 Å². The fourth-order valence-electron chi connectivity index (χ4n) is 1.65. The molecule has 2 nitrogen and oxygen atoms in total. The summed E-state index contributed by atoms with van der Waals surface area (Å²) in [6, 6.07) is 0. The van der Waals surface area contributed by atoms with Gasteiger partial charge in [0.25, 0.3) is 0 Å². The van der Waals surface area contributed by atoms with Gasteiger partial charge in [0.15, 0.2) is 0 Å². The lowest BCUT2D eigenvalue weighted by atomic mass is 9.86. The van der Waals surface area contributed by atoms with Gasteiger partial charge in [0.1, 0.15) is 10.9 Å². The van der Waals surface area contributed by atoms with Gasteiger partial charge in [-0.1, -0.05) is 43.6 Å². The van der Waals surface area contributed by atoms with Crippen LogP contribution < -0.4 is 0 Å². The Morgan fingerprint density at radius 3 is 2.23 bits per heavy atom. The number of carbonyl (C=O) groups excluding carboxylic acids is 1. The molecule has 0 radical (unpaired) electrons. The Labute approximate surface area is 88.2 Å². The lowest BCUT2D eigenvalue weighted by Gasteiger charge is -2.24. The highest BCUT2D eigenvalue weighted by molar-refractivity contribution is 9.10. The summed E-state index contributed by atoms with van der Waals surface area (Å²) in [6.45, 7) is 8.53.